The molecule has 2 heterocycles. The van der Waals surface area contributed by atoms with Crippen LogP contribution in [-0.2, 0) is 6.42 Å². The van der Waals surface area contributed by atoms with Crippen LogP contribution in [-0.4, -0.2) is 22.8 Å². The van der Waals surface area contributed by atoms with Crippen LogP contribution in [0.2, 0.25) is 5.02 Å². The number of nitrogens with zero attached hydrogens (tertiary/aromatic N) is 2. The third-order valence-electron chi connectivity index (χ3n) is 4.19. The van der Waals surface area contributed by atoms with Crippen LogP contribution < -0.4 is 5.63 Å². The second-order valence-electron chi connectivity index (χ2n) is 6.07. The van der Waals surface area contributed by atoms with E-state index in [-0.39, 0.29) is 11.3 Å². The number of aliphatic imine (C=N–C) groups is 1. The van der Waals surface area contributed by atoms with Gasteiger partial charge in [0.25, 0.3) is 0 Å². The molecular weight excluding hydrogens is 396 g/mol. The predicted molar refractivity (Wildman–Crippen MR) is 113 cm³/mol. The number of thiazole rings is 1. The molecule has 4 rings (SSSR count). The van der Waals surface area contributed by atoms with E-state index in [2.05, 4.69) is 9.98 Å². The fraction of sp³-hybridized carbons (Fsp3) is 0.0952. The number of rotatable bonds is 5. The molecule has 7 heteroatoms. The standard InChI is InChI=1S/C21H15ClN2O3S/c22-14-7-5-13(6-8-14)17-12-28-19(24-17)9-10-23-11-16-20(25)15-3-1-2-4-18(15)27-21(16)26/h1-8,11-12,25H,9-10H2. The molecular formula is C21H15ClN2O3S. The summed E-state index contributed by atoms with van der Waals surface area (Å²) in [6, 6.07) is 14.4. The van der Waals surface area contributed by atoms with Gasteiger partial charge in [0.2, 0.25) is 0 Å². The first-order valence-electron chi connectivity index (χ1n) is 8.57. The molecule has 0 aliphatic carbocycles. The number of hydrogen-bond donors (Lipinski definition) is 1. The lowest BCUT2D eigenvalue weighted by Gasteiger charge is -2.02. The smallest absolute Gasteiger partial charge is 0.348 e. The maximum Gasteiger partial charge on any atom is 0.348 e. The van der Waals surface area contributed by atoms with Gasteiger partial charge in [-0.25, -0.2) is 9.78 Å². The zero-order chi connectivity index (χ0) is 19.5. The minimum absolute atomic E-state index is 0.0553. The fourth-order valence-electron chi connectivity index (χ4n) is 2.76. The Labute approximate surface area is 169 Å². The van der Waals surface area contributed by atoms with Gasteiger partial charge in [0.15, 0.2) is 0 Å². The second kappa shape index (κ2) is 7.96. The van der Waals surface area contributed by atoms with E-state index in [4.69, 9.17) is 16.0 Å². The van der Waals surface area contributed by atoms with Gasteiger partial charge in [-0.05, 0) is 24.3 Å². The van der Waals surface area contributed by atoms with Crippen molar-refractivity contribution in [3.8, 4) is 17.0 Å². The monoisotopic (exact) mass is 410 g/mol. The molecule has 0 spiro atoms. The van der Waals surface area contributed by atoms with E-state index in [1.165, 1.54) is 6.21 Å². The molecule has 140 valence electrons. The summed E-state index contributed by atoms with van der Waals surface area (Å²) < 4.78 is 5.22. The Morgan fingerprint density at radius 3 is 2.79 bits per heavy atom. The van der Waals surface area contributed by atoms with Gasteiger partial charge < -0.3 is 9.52 Å². The van der Waals surface area contributed by atoms with Crippen LogP contribution in [0.25, 0.3) is 22.2 Å². The molecule has 5 nitrogen and oxygen atoms in total. The van der Waals surface area contributed by atoms with Crippen LogP contribution in [0.1, 0.15) is 10.6 Å². The maximum absolute atomic E-state index is 12.1. The summed E-state index contributed by atoms with van der Waals surface area (Å²) >= 11 is 7.47. The van der Waals surface area contributed by atoms with Crippen molar-refractivity contribution in [1.29, 1.82) is 0 Å². The van der Waals surface area contributed by atoms with Crippen LogP contribution in [0.3, 0.4) is 0 Å². The SMILES string of the molecule is O=c1oc2ccccc2c(O)c1C=NCCc1nc(-c2ccc(Cl)cc2)cs1. The molecule has 0 aliphatic heterocycles. The molecule has 1 N–H and O–H groups in total. The molecule has 4 aromatic rings. The van der Waals surface area contributed by atoms with Crippen molar-refractivity contribution >= 4 is 40.1 Å². The lowest BCUT2D eigenvalue weighted by Crippen LogP contribution is -2.07. The Balaban J connectivity index is 1.46. The van der Waals surface area contributed by atoms with Crippen LogP contribution in [0.4, 0.5) is 0 Å². The molecule has 0 saturated heterocycles. The van der Waals surface area contributed by atoms with E-state index < -0.39 is 5.63 Å². The first-order valence-corrected chi connectivity index (χ1v) is 9.82. The van der Waals surface area contributed by atoms with Crippen LogP contribution >= 0.6 is 22.9 Å². The molecule has 0 saturated carbocycles. The molecule has 0 amide bonds. The molecule has 0 radical (unpaired) electrons. The molecule has 28 heavy (non-hydrogen) atoms. The maximum atomic E-state index is 12.1. The summed E-state index contributed by atoms with van der Waals surface area (Å²) in [5.41, 5.74) is 1.70. The highest BCUT2D eigenvalue weighted by Crippen LogP contribution is 2.25. The van der Waals surface area contributed by atoms with Gasteiger partial charge in [0.1, 0.15) is 16.9 Å². The number of hydrogen-bond acceptors (Lipinski definition) is 6. The highest BCUT2D eigenvalue weighted by Gasteiger charge is 2.11. The number of aromatic nitrogens is 1. The quantitative estimate of drug-likeness (QED) is 0.373. The summed E-state index contributed by atoms with van der Waals surface area (Å²) in [6.45, 7) is 0.444. The number of benzene rings is 2. The van der Waals surface area contributed by atoms with Crippen molar-refractivity contribution in [3.63, 3.8) is 0 Å². The predicted octanol–water partition coefficient (Wildman–Crippen LogP) is 4.94. The van der Waals surface area contributed by atoms with Crippen molar-refractivity contribution in [2.45, 2.75) is 6.42 Å². The van der Waals surface area contributed by atoms with E-state index in [0.29, 0.717) is 29.0 Å². The molecule has 0 atom stereocenters. The molecule has 0 unspecified atom stereocenters. The van der Waals surface area contributed by atoms with Gasteiger partial charge in [0, 0.05) is 35.1 Å². The Morgan fingerprint density at radius 2 is 1.96 bits per heavy atom. The topological polar surface area (TPSA) is 75.7 Å². The number of fused-ring (bicyclic) bond motifs is 1. The van der Waals surface area contributed by atoms with Crippen molar-refractivity contribution in [1.82, 2.24) is 4.98 Å². The van der Waals surface area contributed by atoms with E-state index in [0.717, 1.165) is 16.3 Å². The Morgan fingerprint density at radius 1 is 1.18 bits per heavy atom. The van der Waals surface area contributed by atoms with E-state index in [9.17, 15) is 9.90 Å². The van der Waals surface area contributed by atoms with Gasteiger partial charge in [-0.3, -0.25) is 4.99 Å². The average Bonchev–Trinajstić information content (AvgIpc) is 3.17. The van der Waals surface area contributed by atoms with E-state index in [1.807, 2.05) is 29.6 Å². The number of halogens is 1. The normalized spacial score (nSPS) is 11.5. The fourth-order valence-corrected chi connectivity index (χ4v) is 3.68. The van der Waals surface area contributed by atoms with E-state index >= 15 is 0 Å². The molecule has 0 aliphatic rings. The minimum atomic E-state index is -0.612. The Hall–Kier alpha value is -2.96. The van der Waals surface area contributed by atoms with Gasteiger partial charge >= 0.3 is 5.63 Å². The van der Waals surface area contributed by atoms with E-state index in [1.54, 1.807) is 35.6 Å². The van der Waals surface area contributed by atoms with Crippen molar-refractivity contribution in [2.75, 3.05) is 6.54 Å². The lowest BCUT2D eigenvalue weighted by atomic mass is 10.1. The van der Waals surface area contributed by atoms with Crippen molar-refractivity contribution in [3.05, 3.63) is 79.9 Å². The number of aromatic hydroxyl groups is 1. The third-order valence-corrected chi connectivity index (χ3v) is 5.35. The number of para-hydroxylation sites is 1. The molecule has 2 aromatic carbocycles. The van der Waals surface area contributed by atoms with Gasteiger partial charge in [-0.2, -0.15) is 0 Å². The Kier molecular flexibility index (Phi) is 5.23. The summed E-state index contributed by atoms with van der Waals surface area (Å²) in [5.74, 6) is -0.116. The summed E-state index contributed by atoms with van der Waals surface area (Å²) in [6.07, 6.45) is 2.00. The Bertz CT molecular complexity index is 1210. The zero-order valence-corrected chi connectivity index (χ0v) is 16.2. The van der Waals surface area contributed by atoms with Crippen molar-refractivity contribution in [2.24, 2.45) is 4.99 Å². The summed E-state index contributed by atoms with van der Waals surface area (Å²) in [7, 11) is 0. The molecule has 0 fully saturated rings. The van der Waals surface area contributed by atoms with Gasteiger partial charge in [-0.15, -0.1) is 11.3 Å². The van der Waals surface area contributed by atoms with Crippen LogP contribution in [0.5, 0.6) is 5.75 Å². The first kappa shape index (κ1) is 18.4. The average molecular weight is 411 g/mol. The first-order chi connectivity index (χ1) is 13.6. The second-order valence-corrected chi connectivity index (χ2v) is 7.45. The van der Waals surface area contributed by atoms with Gasteiger partial charge in [0.05, 0.1) is 16.1 Å². The van der Waals surface area contributed by atoms with Crippen LogP contribution in [0.15, 0.2) is 68.1 Å². The van der Waals surface area contributed by atoms with Crippen LogP contribution in [0, 0.1) is 0 Å². The highest BCUT2D eigenvalue weighted by atomic mass is 35.5. The third kappa shape index (κ3) is 3.83. The molecule has 2 aromatic heterocycles. The molecule has 0 bridgehead atoms. The summed E-state index contributed by atoms with van der Waals surface area (Å²) in [5, 5.41) is 14.4. The lowest BCUT2D eigenvalue weighted by molar-refractivity contribution is 0.466. The largest absolute Gasteiger partial charge is 0.506 e. The van der Waals surface area contributed by atoms with Gasteiger partial charge in [-0.1, -0.05) is 35.9 Å². The highest BCUT2D eigenvalue weighted by molar-refractivity contribution is 7.09. The summed E-state index contributed by atoms with van der Waals surface area (Å²) in [4.78, 5) is 20.9. The zero-order valence-electron chi connectivity index (χ0n) is 14.6. The minimum Gasteiger partial charge on any atom is -0.506 e. The van der Waals surface area contributed by atoms with Crippen molar-refractivity contribution < 1.29 is 9.52 Å².